The molecule has 0 fully saturated rings. The highest BCUT2D eigenvalue weighted by molar-refractivity contribution is 9.10. The van der Waals surface area contributed by atoms with Crippen molar-refractivity contribution in [1.82, 2.24) is 0 Å². The van der Waals surface area contributed by atoms with Gasteiger partial charge in [-0.05, 0) is 74.6 Å². The first kappa shape index (κ1) is 23.9. The maximum Gasteiger partial charge on any atom is 0.266 e. The van der Waals surface area contributed by atoms with Gasteiger partial charge in [0.1, 0.15) is 17.4 Å². The van der Waals surface area contributed by atoms with Gasteiger partial charge in [0.25, 0.3) is 5.91 Å². The van der Waals surface area contributed by atoms with Crippen LogP contribution in [-0.2, 0) is 4.79 Å². The normalized spacial score (nSPS) is 17.3. The van der Waals surface area contributed by atoms with E-state index < -0.39 is 5.91 Å². The minimum Gasteiger partial charge on any atom is -0.496 e. The van der Waals surface area contributed by atoms with Gasteiger partial charge in [-0.3, -0.25) is 4.79 Å². The fourth-order valence-electron chi connectivity index (χ4n) is 4.50. The number of nitrogens with one attached hydrogen (secondary N) is 1. The Labute approximate surface area is 199 Å². The molecule has 0 bridgehead atoms. The van der Waals surface area contributed by atoms with Gasteiger partial charge in [0.15, 0.2) is 0 Å². The summed E-state index contributed by atoms with van der Waals surface area (Å²) in [4.78, 5) is 15.2. The summed E-state index contributed by atoms with van der Waals surface area (Å²) in [5.74, 6) is 0.559. The predicted octanol–water partition coefficient (Wildman–Crippen LogP) is 6.51. The minimum absolute atomic E-state index is 0.0281. The summed E-state index contributed by atoms with van der Waals surface area (Å²) in [5, 5.41) is 12.5. The quantitative estimate of drug-likeness (QED) is 0.366. The number of hydrogen-bond acceptors (Lipinski definition) is 4. The number of ether oxygens (including phenoxy) is 1. The van der Waals surface area contributed by atoms with Crippen molar-refractivity contribution >= 4 is 39.3 Å². The number of carbonyl (C=O) groups excluding carboxylic acids is 1. The molecule has 0 aromatic heterocycles. The zero-order valence-electron chi connectivity index (χ0n) is 19.3. The van der Waals surface area contributed by atoms with Crippen LogP contribution < -0.4 is 15.0 Å². The summed E-state index contributed by atoms with van der Waals surface area (Å²) in [7, 11) is 1.62. The second kappa shape index (κ2) is 9.79. The largest absolute Gasteiger partial charge is 0.496 e. The Hall–Kier alpha value is -2.78. The van der Waals surface area contributed by atoms with E-state index in [-0.39, 0.29) is 11.1 Å². The average Bonchev–Trinajstić information content (AvgIpc) is 2.75. The molecule has 0 saturated carbocycles. The Morgan fingerprint density at radius 3 is 2.62 bits per heavy atom. The fraction of sp³-hybridized carbons (Fsp3) is 0.385. The summed E-state index contributed by atoms with van der Waals surface area (Å²) >= 11 is 3.38. The molecule has 1 amide bonds. The summed E-state index contributed by atoms with van der Waals surface area (Å²) in [6.07, 6.45) is 3.70. The van der Waals surface area contributed by atoms with E-state index in [2.05, 4.69) is 66.0 Å². The molecule has 1 heterocycles. The Morgan fingerprint density at radius 1 is 1.34 bits per heavy atom. The number of nitriles is 1. The topological polar surface area (TPSA) is 65.4 Å². The van der Waals surface area contributed by atoms with Gasteiger partial charge in [-0.2, -0.15) is 5.26 Å². The lowest BCUT2D eigenvalue weighted by atomic mass is 9.79. The number of carbonyl (C=O) groups is 1. The third-order valence-corrected chi connectivity index (χ3v) is 6.48. The summed E-state index contributed by atoms with van der Waals surface area (Å²) in [6.45, 7) is 9.94. The highest BCUT2D eigenvalue weighted by Crippen LogP contribution is 2.46. The van der Waals surface area contributed by atoms with E-state index in [0.29, 0.717) is 17.4 Å². The van der Waals surface area contributed by atoms with Crippen molar-refractivity contribution in [2.45, 2.75) is 52.0 Å². The molecule has 3 rings (SSSR count). The molecular weight excluding hydrogens is 466 g/mol. The van der Waals surface area contributed by atoms with E-state index in [1.807, 2.05) is 18.2 Å². The second-order valence-corrected chi connectivity index (χ2v) is 9.77. The van der Waals surface area contributed by atoms with Gasteiger partial charge in [-0.25, -0.2) is 0 Å². The number of anilines is 2. The second-order valence-electron chi connectivity index (χ2n) is 8.85. The SMILES string of the molecule is CCCN1c2cc(OC)c(/C=C(\C#N)C(=O)Nc3ccc(Br)cc3)cc2C(C)CC1(C)C. The maximum atomic E-state index is 12.7. The number of fused-ring (bicyclic) bond motifs is 1. The zero-order chi connectivity index (χ0) is 23.5. The van der Waals surface area contributed by atoms with Crippen LogP contribution in [0.3, 0.4) is 0 Å². The number of methoxy groups -OCH3 is 1. The third kappa shape index (κ3) is 4.99. The van der Waals surface area contributed by atoms with Gasteiger partial charge >= 0.3 is 0 Å². The first-order valence-electron chi connectivity index (χ1n) is 10.9. The molecule has 1 unspecified atom stereocenters. The van der Waals surface area contributed by atoms with Crippen molar-refractivity contribution in [2.75, 3.05) is 23.9 Å². The van der Waals surface area contributed by atoms with E-state index in [1.165, 1.54) is 11.3 Å². The Kier molecular flexibility index (Phi) is 7.30. The van der Waals surface area contributed by atoms with Gasteiger partial charge in [0.05, 0.1) is 7.11 Å². The smallest absolute Gasteiger partial charge is 0.266 e. The number of amides is 1. The van der Waals surface area contributed by atoms with E-state index >= 15 is 0 Å². The monoisotopic (exact) mass is 495 g/mol. The maximum absolute atomic E-state index is 12.7. The van der Waals surface area contributed by atoms with Gasteiger partial charge in [0, 0.05) is 39.6 Å². The molecule has 2 aromatic carbocycles. The highest BCUT2D eigenvalue weighted by atomic mass is 79.9. The van der Waals surface area contributed by atoms with Crippen LogP contribution in [0.1, 0.15) is 57.6 Å². The molecule has 5 nitrogen and oxygen atoms in total. The summed E-state index contributed by atoms with van der Waals surface area (Å²) in [6, 6.07) is 13.4. The van der Waals surface area contributed by atoms with Crippen molar-refractivity contribution in [1.29, 1.82) is 5.26 Å². The van der Waals surface area contributed by atoms with E-state index in [9.17, 15) is 10.1 Å². The molecule has 1 N–H and O–H groups in total. The van der Waals surface area contributed by atoms with Crippen LogP contribution in [0.5, 0.6) is 5.75 Å². The number of halogens is 1. The summed E-state index contributed by atoms with van der Waals surface area (Å²) < 4.78 is 6.60. The number of hydrogen-bond donors (Lipinski definition) is 1. The standard InChI is InChI=1S/C26H30BrN3O2/c1-6-11-30-23-14-24(32-5)18(13-22(23)17(2)15-26(30,3)4)12-19(16-28)25(31)29-21-9-7-20(27)8-10-21/h7-10,12-14,17H,6,11,15H2,1-5H3,(H,29,31)/b19-12+. The zero-order valence-corrected chi connectivity index (χ0v) is 20.9. The van der Waals surface area contributed by atoms with Gasteiger partial charge in [-0.15, -0.1) is 0 Å². The van der Waals surface area contributed by atoms with Crippen molar-refractivity contribution < 1.29 is 9.53 Å². The van der Waals surface area contributed by atoms with Crippen LogP contribution in [0.2, 0.25) is 0 Å². The van der Waals surface area contributed by atoms with Crippen molar-refractivity contribution in [3.8, 4) is 11.8 Å². The minimum atomic E-state index is -0.448. The van der Waals surface area contributed by atoms with Crippen molar-refractivity contribution in [2.24, 2.45) is 0 Å². The van der Waals surface area contributed by atoms with Gasteiger partial charge < -0.3 is 15.0 Å². The van der Waals surface area contributed by atoms with Crippen LogP contribution >= 0.6 is 15.9 Å². The van der Waals surface area contributed by atoms with Crippen LogP contribution in [0.4, 0.5) is 11.4 Å². The van der Waals surface area contributed by atoms with Crippen molar-refractivity contribution in [3.05, 3.63) is 57.6 Å². The molecule has 0 spiro atoms. The molecule has 0 radical (unpaired) electrons. The van der Waals surface area contributed by atoms with E-state index in [0.717, 1.165) is 29.4 Å². The lowest BCUT2D eigenvalue weighted by Gasteiger charge is -2.47. The Balaban J connectivity index is 2.01. The lowest BCUT2D eigenvalue weighted by Crippen LogP contribution is -2.48. The fourth-order valence-corrected chi connectivity index (χ4v) is 4.76. The number of rotatable bonds is 6. The van der Waals surface area contributed by atoms with Gasteiger partial charge in [0.2, 0.25) is 0 Å². The highest BCUT2D eigenvalue weighted by Gasteiger charge is 2.36. The molecule has 1 aliphatic rings. The molecule has 6 heteroatoms. The molecule has 1 atom stereocenters. The number of nitrogens with zero attached hydrogens (tertiary/aromatic N) is 2. The van der Waals surface area contributed by atoms with Crippen LogP contribution in [0, 0.1) is 11.3 Å². The molecule has 0 aliphatic carbocycles. The van der Waals surface area contributed by atoms with Crippen LogP contribution in [0.25, 0.3) is 6.08 Å². The molecule has 168 valence electrons. The number of benzene rings is 2. The van der Waals surface area contributed by atoms with Crippen LogP contribution in [-0.4, -0.2) is 25.1 Å². The van der Waals surface area contributed by atoms with E-state index in [1.54, 1.807) is 25.3 Å². The van der Waals surface area contributed by atoms with E-state index in [4.69, 9.17) is 4.74 Å². The Bertz CT molecular complexity index is 1070. The van der Waals surface area contributed by atoms with Crippen LogP contribution in [0.15, 0.2) is 46.4 Å². The molecule has 0 saturated heterocycles. The predicted molar refractivity (Wildman–Crippen MR) is 134 cm³/mol. The Morgan fingerprint density at radius 2 is 2.03 bits per heavy atom. The molecule has 32 heavy (non-hydrogen) atoms. The molecular formula is C26H30BrN3O2. The molecule has 1 aliphatic heterocycles. The average molecular weight is 496 g/mol. The lowest BCUT2D eigenvalue weighted by molar-refractivity contribution is -0.112. The summed E-state index contributed by atoms with van der Waals surface area (Å²) in [5.41, 5.74) is 3.82. The first-order valence-corrected chi connectivity index (χ1v) is 11.7. The third-order valence-electron chi connectivity index (χ3n) is 5.95. The van der Waals surface area contributed by atoms with Gasteiger partial charge in [-0.1, -0.05) is 29.8 Å². The van der Waals surface area contributed by atoms with Crippen molar-refractivity contribution in [3.63, 3.8) is 0 Å². The molecule has 2 aromatic rings. The first-order chi connectivity index (χ1) is 15.2.